The second-order valence-corrected chi connectivity index (χ2v) is 4.30. The van der Waals surface area contributed by atoms with Crippen LogP contribution >= 0.6 is 0 Å². The Morgan fingerprint density at radius 3 is 3.00 bits per heavy atom. The van der Waals surface area contributed by atoms with Crippen molar-refractivity contribution in [3.63, 3.8) is 0 Å². The van der Waals surface area contributed by atoms with Crippen LogP contribution in [0.15, 0.2) is 18.2 Å². The van der Waals surface area contributed by atoms with E-state index in [-0.39, 0.29) is 6.10 Å². The Morgan fingerprint density at radius 1 is 1.36 bits per heavy atom. The maximum absolute atomic E-state index is 9.26. The highest BCUT2D eigenvalue weighted by molar-refractivity contribution is 5.38. The summed E-state index contributed by atoms with van der Waals surface area (Å²) >= 11 is 0. The number of aliphatic hydroxyl groups excluding tert-OH is 1. The van der Waals surface area contributed by atoms with Crippen LogP contribution < -0.4 is 0 Å². The van der Waals surface area contributed by atoms with Crippen LogP contribution in [-0.2, 0) is 19.3 Å². The molecule has 1 N–H and O–H groups in total. The molecule has 0 fully saturated rings. The van der Waals surface area contributed by atoms with Crippen LogP contribution in [0.4, 0.5) is 0 Å². The number of benzene rings is 1. The molecule has 0 aliphatic heterocycles. The highest BCUT2D eigenvalue weighted by atomic mass is 16.3. The van der Waals surface area contributed by atoms with Gasteiger partial charge in [0, 0.05) is 0 Å². The number of hydrogen-bond acceptors (Lipinski definition) is 1. The van der Waals surface area contributed by atoms with Crippen LogP contribution in [0.25, 0.3) is 0 Å². The predicted molar refractivity (Wildman–Crippen MR) is 58.5 cm³/mol. The molecule has 0 saturated carbocycles. The fourth-order valence-corrected chi connectivity index (χ4v) is 2.30. The molecule has 1 atom stereocenters. The minimum Gasteiger partial charge on any atom is -0.393 e. The summed E-state index contributed by atoms with van der Waals surface area (Å²) in [4.78, 5) is 0. The Kier molecular flexibility index (Phi) is 2.87. The van der Waals surface area contributed by atoms with Crippen molar-refractivity contribution in [2.45, 2.75) is 45.1 Å². The third kappa shape index (κ3) is 1.98. The van der Waals surface area contributed by atoms with Crippen LogP contribution in [0.5, 0.6) is 0 Å². The van der Waals surface area contributed by atoms with Crippen molar-refractivity contribution in [2.24, 2.45) is 0 Å². The summed E-state index contributed by atoms with van der Waals surface area (Å²) in [5.74, 6) is 0. The molecule has 1 unspecified atom stereocenters. The first-order valence-electron chi connectivity index (χ1n) is 5.55. The quantitative estimate of drug-likeness (QED) is 0.776. The van der Waals surface area contributed by atoms with Gasteiger partial charge in [0.05, 0.1) is 6.10 Å². The lowest BCUT2D eigenvalue weighted by atomic mass is 9.98. The molecule has 1 aliphatic carbocycles. The van der Waals surface area contributed by atoms with Crippen molar-refractivity contribution in [3.8, 4) is 0 Å². The van der Waals surface area contributed by atoms with Gasteiger partial charge in [0.15, 0.2) is 0 Å². The first-order valence-corrected chi connectivity index (χ1v) is 5.55. The molecule has 1 aliphatic rings. The molecular formula is C13H18O. The predicted octanol–water partition coefficient (Wildman–Crippen LogP) is 2.49. The molecule has 0 saturated heterocycles. The van der Waals surface area contributed by atoms with Gasteiger partial charge in [-0.2, -0.15) is 0 Å². The van der Waals surface area contributed by atoms with E-state index >= 15 is 0 Å². The highest BCUT2D eigenvalue weighted by Gasteiger charge is 2.13. The molecule has 2 rings (SSSR count). The van der Waals surface area contributed by atoms with Crippen molar-refractivity contribution in [3.05, 3.63) is 34.9 Å². The molecular weight excluding hydrogens is 172 g/mol. The van der Waals surface area contributed by atoms with Crippen molar-refractivity contribution >= 4 is 0 Å². The minimum absolute atomic E-state index is 0.174. The van der Waals surface area contributed by atoms with Crippen LogP contribution in [0.2, 0.25) is 0 Å². The monoisotopic (exact) mass is 190 g/mol. The Balaban J connectivity index is 2.14. The van der Waals surface area contributed by atoms with E-state index in [0.29, 0.717) is 0 Å². The van der Waals surface area contributed by atoms with Crippen molar-refractivity contribution in [1.29, 1.82) is 0 Å². The number of rotatable bonds is 3. The van der Waals surface area contributed by atoms with E-state index in [2.05, 4.69) is 18.2 Å². The molecule has 1 heteroatoms. The first kappa shape index (κ1) is 9.72. The lowest BCUT2D eigenvalue weighted by molar-refractivity contribution is 0.185. The van der Waals surface area contributed by atoms with E-state index in [9.17, 15) is 5.11 Å². The topological polar surface area (TPSA) is 20.2 Å². The van der Waals surface area contributed by atoms with Gasteiger partial charge in [0.25, 0.3) is 0 Å². The van der Waals surface area contributed by atoms with Gasteiger partial charge < -0.3 is 5.11 Å². The van der Waals surface area contributed by atoms with E-state index in [1.165, 1.54) is 30.4 Å². The highest BCUT2D eigenvalue weighted by Crippen LogP contribution is 2.26. The Bertz CT molecular complexity index is 315. The van der Waals surface area contributed by atoms with Gasteiger partial charge in [0.1, 0.15) is 0 Å². The Labute approximate surface area is 85.8 Å². The van der Waals surface area contributed by atoms with Gasteiger partial charge in [-0.3, -0.25) is 0 Å². The summed E-state index contributed by atoms with van der Waals surface area (Å²) in [5.41, 5.74) is 4.56. The second-order valence-electron chi connectivity index (χ2n) is 4.30. The Hall–Kier alpha value is -0.820. The molecule has 0 bridgehead atoms. The number of aliphatic hydroxyl groups is 1. The largest absolute Gasteiger partial charge is 0.393 e. The van der Waals surface area contributed by atoms with Crippen molar-refractivity contribution in [2.75, 3.05) is 0 Å². The van der Waals surface area contributed by atoms with E-state index in [4.69, 9.17) is 0 Å². The number of fused-ring (bicyclic) bond motifs is 1. The standard InChI is InChI=1S/C13H18O/c1-10(14)8-9-12-5-2-4-11-6-3-7-13(11)12/h2,4-5,10,14H,3,6-9H2,1H3. The van der Waals surface area contributed by atoms with E-state index in [1.54, 1.807) is 5.56 Å². The SMILES string of the molecule is CC(O)CCc1cccc2c1CCC2. The minimum atomic E-state index is -0.174. The summed E-state index contributed by atoms with van der Waals surface area (Å²) in [6.45, 7) is 1.86. The van der Waals surface area contributed by atoms with Crippen molar-refractivity contribution < 1.29 is 5.11 Å². The molecule has 0 heterocycles. The number of hydrogen-bond donors (Lipinski definition) is 1. The van der Waals surface area contributed by atoms with Gasteiger partial charge in [-0.15, -0.1) is 0 Å². The maximum Gasteiger partial charge on any atom is 0.0515 e. The van der Waals surface area contributed by atoms with E-state index < -0.39 is 0 Å². The lowest BCUT2D eigenvalue weighted by Crippen LogP contribution is -2.03. The molecule has 76 valence electrons. The zero-order valence-corrected chi connectivity index (χ0v) is 8.79. The lowest BCUT2D eigenvalue weighted by Gasteiger charge is -2.09. The summed E-state index contributed by atoms with van der Waals surface area (Å²) in [6.07, 6.45) is 5.54. The van der Waals surface area contributed by atoms with Gasteiger partial charge in [-0.25, -0.2) is 0 Å². The smallest absolute Gasteiger partial charge is 0.0515 e. The molecule has 0 spiro atoms. The molecule has 0 aromatic heterocycles. The second kappa shape index (κ2) is 4.14. The van der Waals surface area contributed by atoms with E-state index in [0.717, 1.165) is 12.8 Å². The van der Waals surface area contributed by atoms with Gasteiger partial charge in [-0.1, -0.05) is 18.2 Å². The number of aryl methyl sites for hydroxylation is 2. The first-order chi connectivity index (χ1) is 6.77. The Morgan fingerprint density at radius 2 is 2.21 bits per heavy atom. The van der Waals surface area contributed by atoms with Crippen LogP contribution in [0.3, 0.4) is 0 Å². The fraction of sp³-hybridized carbons (Fsp3) is 0.538. The third-order valence-corrected chi connectivity index (χ3v) is 3.07. The summed E-state index contributed by atoms with van der Waals surface area (Å²) in [6, 6.07) is 6.61. The van der Waals surface area contributed by atoms with Crippen molar-refractivity contribution in [1.82, 2.24) is 0 Å². The fourth-order valence-electron chi connectivity index (χ4n) is 2.30. The van der Waals surface area contributed by atoms with Crippen LogP contribution in [0, 0.1) is 0 Å². The molecule has 0 amide bonds. The molecule has 1 nitrogen and oxygen atoms in total. The third-order valence-electron chi connectivity index (χ3n) is 3.07. The molecule has 1 aromatic carbocycles. The normalized spacial score (nSPS) is 16.7. The van der Waals surface area contributed by atoms with Crippen LogP contribution in [-0.4, -0.2) is 11.2 Å². The van der Waals surface area contributed by atoms with Gasteiger partial charge in [0.2, 0.25) is 0 Å². The van der Waals surface area contributed by atoms with Crippen LogP contribution in [0.1, 0.15) is 36.5 Å². The molecule has 0 radical (unpaired) electrons. The average Bonchev–Trinajstić information content (AvgIpc) is 2.62. The summed E-state index contributed by atoms with van der Waals surface area (Å²) < 4.78 is 0. The van der Waals surface area contributed by atoms with Gasteiger partial charge in [-0.05, 0) is 55.7 Å². The zero-order valence-electron chi connectivity index (χ0n) is 8.79. The maximum atomic E-state index is 9.26. The zero-order chi connectivity index (χ0) is 9.97. The van der Waals surface area contributed by atoms with E-state index in [1.807, 2.05) is 6.92 Å². The van der Waals surface area contributed by atoms with Gasteiger partial charge >= 0.3 is 0 Å². The molecule has 14 heavy (non-hydrogen) atoms. The summed E-state index contributed by atoms with van der Waals surface area (Å²) in [7, 11) is 0. The molecule has 1 aromatic rings. The summed E-state index contributed by atoms with van der Waals surface area (Å²) in [5, 5.41) is 9.26. The average molecular weight is 190 g/mol.